The lowest BCUT2D eigenvalue weighted by Gasteiger charge is -2.33. The van der Waals surface area contributed by atoms with E-state index in [0.29, 0.717) is 12.0 Å². The number of hydrogen-bond acceptors (Lipinski definition) is 3. The van der Waals surface area contributed by atoms with E-state index in [1.165, 1.54) is 46.2 Å². The molecule has 5 rings (SSSR count). The minimum absolute atomic E-state index is 0.0571. The van der Waals surface area contributed by atoms with Gasteiger partial charge in [-0.2, -0.15) is 0 Å². The van der Waals surface area contributed by atoms with Gasteiger partial charge in [0.25, 0.3) is 0 Å². The van der Waals surface area contributed by atoms with Gasteiger partial charge in [0.05, 0.1) is 19.8 Å². The van der Waals surface area contributed by atoms with Crippen molar-refractivity contribution in [2.45, 2.75) is 64.4 Å². The Morgan fingerprint density at radius 3 is 1.81 bits per heavy atom. The fraction of sp³-hybridized carbons (Fsp3) is 0.571. The van der Waals surface area contributed by atoms with E-state index in [1.54, 1.807) is 0 Å². The molecule has 31 heavy (non-hydrogen) atoms. The monoisotopic (exact) mass is 420 g/mol. The van der Waals surface area contributed by atoms with Crippen LogP contribution in [0.15, 0.2) is 36.4 Å². The summed E-state index contributed by atoms with van der Waals surface area (Å²) in [6.07, 6.45) is 4.57. The van der Waals surface area contributed by atoms with Crippen molar-refractivity contribution in [2.75, 3.05) is 33.0 Å². The van der Waals surface area contributed by atoms with Crippen molar-refractivity contribution in [3.63, 3.8) is 0 Å². The Morgan fingerprint density at radius 1 is 0.806 bits per heavy atom. The molecule has 0 spiro atoms. The minimum atomic E-state index is -0.0609. The van der Waals surface area contributed by atoms with Gasteiger partial charge in [-0.15, -0.1) is 0 Å². The summed E-state index contributed by atoms with van der Waals surface area (Å²) in [5.41, 5.74) is 8.61. The molecule has 1 heterocycles. The number of ether oxygens (including phenoxy) is 3. The van der Waals surface area contributed by atoms with Gasteiger partial charge in [-0.3, -0.25) is 0 Å². The van der Waals surface area contributed by atoms with Crippen molar-refractivity contribution in [1.29, 1.82) is 0 Å². The smallest absolute Gasteiger partial charge is 0.112 e. The van der Waals surface area contributed by atoms with Gasteiger partial charge in [0.1, 0.15) is 5.60 Å². The first kappa shape index (κ1) is 21.2. The van der Waals surface area contributed by atoms with E-state index in [0.717, 1.165) is 39.3 Å². The van der Waals surface area contributed by atoms with Gasteiger partial charge in [0.2, 0.25) is 0 Å². The first-order valence-corrected chi connectivity index (χ1v) is 11.8. The summed E-state index contributed by atoms with van der Waals surface area (Å²) < 4.78 is 17.9. The summed E-state index contributed by atoms with van der Waals surface area (Å²) in [7, 11) is 0. The highest BCUT2D eigenvalue weighted by atomic mass is 16.6. The molecule has 1 saturated carbocycles. The maximum Gasteiger partial charge on any atom is 0.112 e. The molecule has 1 unspecified atom stereocenters. The van der Waals surface area contributed by atoms with Crippen LogP contribution in [0.5, 0.6) is 0 Å². The first-order valence-electron chi connectivity index (χ1n) is 11.8. The lowest BCUT2D eigenvalue weighted by molar-refractivity contribution is 0.0609. The summed E-state index contributed by atoms with van der Waals surface area (Å²) in [6.45, 7) is 12.8. The zero-order chi connectivity index (χ0) is 21.7. The molecule has 0 aromatic heterocycles. The number of fused-ring (bicyclic) bond motifs is 3. The van der Waals surface area contributed by atoms with E-state index < -0.39 is 0 Å². The van der Waals surface area contributed by atoms with Gasteiger partial charge < -0.3 is 14.2 Å². The van der Waals surface area contributed by atoms with E-state index in [2.05, 4.69) is 64.1 Å². The summed E-state index contributed by atoms with van der Waals surface area (Å²) in [6, 6.07) is 13.9. The van der Waals surface area contributed by atoms with Crippen LogP contribution in [-0.4, -0.2) is 38.6 Å². The van der Waals surface area contributed by atoms with Crippen molar-refractivity contribution in [1.82, 2.24) is 0 Å². The number of rotatable bonds is 10. The molecule has 2 fully saturated rings. The number of benzene rings is 2. The third kappa shape index (κ3) is 4.20. The van der Waals surface area contributed by atoms with Crippen molar-refractivity contribution in [3.05, 3.63) is 58.7 Å². The third-order valence-corrected chi connectivity index (χ3v) is 7.62. The van der Waals surface area contributed by atoms with Crippen molar-refractivity contribution >= 4 is 0 Å². The minimum Gasteiger partial charge on any atom is -0.381 e. The Hall–Kier alpha value is -1.68. The van der Waals surface area contributed by atoms with Crippen LogP contribution in [-0.2, 0) is 19.6 Å². The zero-order valence-corrected chi connectivity index (χ0v) is 19.6. The summed E-state index contributed by atoms with van der Waals surface area (Å²) >= 11 is 0. The SMILES string of the molecule is Cc1ccc2c(c1)C(CCOCC1(C)CC1)(CCOCC1(C)CO1)c1cc(C)ccc1-2. The molecule has 2 aromatic rings. The average Bonchev–Trinajstić information content (AvgIpc) is 3.65. The molecule has 1 atom stereocenters. The predicted octanol–water partition coefficient (Wildman–Crippen LogP) is 5.97. The molecule has 1 saturated heterocycles. The van der Waals surface area contributed by atoms with Gasteiger partial charge >= 0.3 is 0 Å². The zero-order valence-electron chi connectivity index (χ0n) is 19.6. The Morgan fingerprint density at radius 2 is 1.32 bits per heavy atom. The van der Waals surface area contributed by atoms with Crippen molar-refractivity contribution in [2.24, 2.45) is 5.41 Å². The Balaban J connectivity index is 1.44. The molecule has 0 amide bonds. The molecule has 0 N–H and O–H groups in total. The molecule has 0 bridgehead atoms. The highest BCUT2D eigenvalue weighted by Crippen LogP contribution is 2.53. The van der Waals surface area contributed by atoms with Crippen LogP contribution in [0.4, 0.5) is 0 Å². The Kier molecular flexibility index (Phi) is 5.28. The molecular weight excluding hydrogens is 384 g/mol. The third-order valence-electron chi connectivity index (χ3n) is 7.62. The predicted molar refractivity (Wildman–Crippen MR) is 125 cm³/mol. The van der Waals surface area contributed by atoms with Crippen LogP contribution in [0, 0.1) is 19.3 Å². The molecule has 2 aliphatic carbocycles. The lowest BCUT2D eigenvalue weighted by atomic mass is 9.72. The Labute approximate surface area is 187 Å². The van der Waals surface area contributed by atoms with Crippen LogP contribution in [0.3, 0.4) is 0 Å². The molecule has 3 aliphatic rings. The molecular formula is C28H36O3. The molecule has 3 nitrogen and oxygen atoms in total. The molecule has 1 aliphatic heterocycles. The maximum absolute atomic E-state index is 6.25. The quantitative estimate of drug-likeness (QED) is 0.350. The number of epoxide rings is 1. The van der Waals surface area contributed by atoms with Gasteiger partial charge in [0, 0.05) is 18.6 Å². The van der Waals surface area contributed by atoms with Gasteiger partial charge in [-0.1, -0.05) is 54.4 Å². The second-order valence-corrected chi connectivity index (χ2v) is 10.8. The van der Waals surface area contributed by atoms with Gasteiger partial charge in [0.15, 0.2) is 0 Å². The molecule has 2 aromatic carbocycles. The van der Waals surface area contributed by atoms with E-state index >= 15 is 0 Å². The maximum atomic E-state index is 6.25. The fourth-order valence-corrected chi connectivity index (χ4v) is 5.05. The molecule has 166 valence electrons. The van der Waals surface area contributed by atoms with Gasteiger partial charge in [-0.05, 0) is 74.1 Å². The largest absolute Gasteiger partial charge is 0.381 e. The van der Waals surface area contributed by atoms with Crippen LogP contribution in [0.1, 0.15) is 61.8 Å². The second-order valence-electron chi connectivity index (χ2n) is 10.8. The van der Waals surface area contributed by atoms with E-state index in [1.807, 2.05) is 0 Å². The number of hydrogen-bond donors (Lipinski definition) is 0. The summed E-state index contributed by atoms with van der Waals surface area (Å²) in [5.74, 6) is 0. The topological polar surface area (TPSA) is 31.0 Å². The highest BCUT2D eigenvalue weighted by molar-refractivity contribution is 5.81. The fourth-order valence-electron chi connectivity index (χ4n) is 5.05. The Bertz CT molecular complexity index is 889. The first-order chi connectivity index (χ1) is 14.8. The van der Waals surface area contributed by atoms with Crippen molar-refractivity contribution < 1.29 is 14.2 Å². The standard InChI is InChI=1S/C28H36O3/c1-20-5-7-22-23-8-6-21(2)16-25(23)28(24(22)15-20,11-13-29-17-26(3)9-10-26)12-14-30-18-27(4)19-31-27/h5-8,15-16H,9-14,17-19H2,1-4H3. The van der Waals surface area contributed by atoms with E-state index in [-0.39, 0.29) is 11.0 Å². The van der Waals surface area contributed by atoms with Crippen LogP contribution in [0.2, 0.25) is 0 Å². The van der Waals surface area contributed by atoms with Crippen molar-refractivity contribution in [3.8, 4) is 11.1 Å². The average molecular weight is 421 g/mol. The van der Waals surface area contributed by atoms with E-state index in [9.17, 15) is 0 Å². The molecule has 0 radical (unpaired) electrons. The van der Waals surface area contributed by atoms with Crippen LogP contribution >= 0.6 is 0 Å². The van der Waals surface area contributed by atoms with E-state index in [4.69, 9.17) is 14.2 Å². The number of aryl methyl sites for hydroxylation is 2. The lowest BCUT2D eigenvalue weighted by Crippen LogP contribution is -2.30. The van der Waals surface area contributed by atoms with Crippen LogP contribution < -0.4 is 0 Å². The second kappa shape index (κ2) is 7.72. The summed E-state index contributed by atoms with van der Waals surface area (Å²) in [5, 5.41) is 0. The molecule has 3 heteroatoms. The van der Waals surface area contributed by atoms with Crippen LogP contribution in [0.25, 0.3) is 11.1 Å². The van der Waals surface area contributed by atoms with Gasteiger partial charge in [-0.25, -0.2) is 0 Å². The summed E-state index contributed by atoms with van der Waals surface area (Å²) in [4.78, 5) is 0. The highest BCUT2D eigenvalue weighted by Gasteiger charge is 2.44. The normalized spacial score (nSPS) is 24.0.